The normalized spacial score (nSPS) is 22.3. The number of nitrogens with one attached hydrogen (secondary N) is 2. The van der Waals surface area contributed by atoms with Gasteiger partial charge in [-0.3, -0.25) is 9.89 Å². The van der Waals surface area contributed by atoms with Crippen molar-refractivity contribution in [3.63, 3.8) is 0 Å². The maximum atomic E-state index is 13.0. The van der Waals surface area contributed by atoms with Crippen LogP contribution in [0.2, 0.25) is 0 Å². The molecule has 1 saturated heterocycles. The topological polar surface area (TPSA) is 61.0 Å². The number of H-pyrrole nitrogens is 1. The highest BCUT2D eigenvalue weighted by atomic mass is 16.2. The van der Waals surface area contributed by atoms with Crippen molar-refractivity contribution in [2.45, 2.75) is 31.6 Å². The highest BCUT2D eigenvalue weighted by molar-refractivity contribution is 6.06. The van der Waals surface area contributed by atoms with Crippen molar-refractivity contribution in [2.24, 2.45) is 0 Å². The van der Waals surface area contributed by atoms with E-state index in [1.165, 1.54) is 5.56 Å². The van der Waals surface area contributed by atoms with Gasteiger partial charge < -0.3 is 10.2 Å². The predicted octanol–water partition coefficient (Wildman–Crippen LogP) is 2.42. The minimum atomic E-state index is -0.0270. The molecule has 0 bridgehead atoms. The molecule has 1 aromatic heterocycles. The standard InChI is InChI=1S/C18H22N4O/c1-18(2)11-22(16-6-4-3-5-13(16)18)17(23)15-9-14(20-21-15)12-7-8-19-10-12/h3-6,9,12,19H,7-8,10-11H2,1-2H3,(H,20,21). The molecule has 5 nitrogen and oxygen atoms in total. The number of carbonyl (C=O) groups excluding carboxylic acids is 1. The average molecular weight is 310 g/mol. The van der Waals surface area contributed by atoms with Crippen LogP contribution in [0.25, 0.3) is 0 Å². The highest BCUT2D eigenvalue weighted by Crippen LogP contribution is 2.40. The van der Waals surface area contributed by atoms with Crippen molar-refractivity contribution in [3.8, 4) is 0 Å². The van der Waals surface area contributed by atoms with Gasteiger partial charge in [0.25, 0.3) is 5.91 Å². The average Bonchev–Trinajstić information content (AvgIpc) is 3.25. The van der Waals surface area contributed by atoms with Gasteiger partial charge in [0.1, 0.15) is 0 Å². The van der Waals surface area contributed by atoms with Gasteiger partial charge in [0, 0.05) is 35.8 Å². The highest BCUT2D eigenvalue weighted by Gasteiger charge is 2.38. The van der Waals surface area contributed by atoms with Crippen LogP contribution in [0.4, 0.5) is 5.69 Å². The van der Waals surface area contributed by atoms with E-state index < -0.39 is 0 Å². The summed E-state index contributed by atoms with van der Waals surface area (Å²) in [6, 6.07) is 10.1. The fourth-order valence-electron chi connectivity index (χ4n) is 3.74. The molecule has 0 aliphatic carbocycles. The Kier molecular flexibility index (Phi) is 3.27. The van der Waals surface area contributed by atoms with E-state index in [1.807, 2.05) is 29.2 Å². The van der Waals surface area contributed by atoms with E-state index in [-0.39, 0.29) is 11.3 Å². The van der Waals surface area contributed by atoms with E-state index in [0.717, 1.165) is 30.9 Å². The van der Waals surface area contributed by atoms with Crippen LogP contribution in [0, 0.1) is 0 Å². The summed E-state index contributed by atoms with van der Waals surface area (Å²) >= 11 is 0. The number of rotatable bonds is 2. The molecule has 5 heteroatoms. The Labute approximate surface area is 136 Å². The van der Waals surface area contributed by atoms with E-state index in [9.17, 15) is 4.79 Å². The van der Waals surface area contributed by atoms with Gasteiger partial charge >= 0.3 is 0 Å². The quantitative estimate of drug-likeness (QED) is 0.895. The smallest absolute Gasteiger partial charge is 0.278 e. The number of carbonyl (C=O) groups is 1. The summed E-state index contributed by atoms with van der Waals surface area (Å²) in [4.78, 5) is 14.8. The summed E-state index contributed by atoms with van der Waals surface area (Å²) in [7, 11) is 0. The third kappa shape index (κ3) is 2.36. The number of aromatic amines is 1. The lowest BCUT2D eigenvalue weighted by Gasteiger charge is -2.20. The van der Waals surface area contributed by atoms with Crippen LogP contribution in [0.15, 0.2) is 30.3 Å². The molecule has 0 saturated carbocycles. The number of benzene rings is 1. The molecule has 3 heterocycles. The Balaban J connectivity index is 1.63. The van der Waals surface area contributed by atoms with Gasteiger partial charge in [-0.15, -0.1) is 0 Å². The number of para-hydroxylation sites is 1. The number of hydrogen-bond acceptors (Lipinski definition) is 3. The van der Waals surface area contributed by atoms with Crippen LogP contribution < -0.4 is 10.2 Å². The Morgan fingerprint density at radius 2 is 2.17 bits per heavy atom. The second-order valence-electron chi connectivity index (χ2n) is 7.19. The number of hydrogen-bond donors (Lipinski definition) is 2. The maximum Gasteiger partial charge on any atom is 0.278 e. The minimum Gasteiger partial charge on any atom is -0.316 e. The molecule has 0 radical (unpaired) electrons. The summed E-state index contributed by atoms with van der Waals surface area (Å²) in [6.45, 7) is 7.03. The SMILES string of the molecule is CC1(C)CN(C(=O)c2cc(C3CCNC3)[nH]n2)c2ccccc21. The second kappa shape index (κ2) is 5.20. The van der Waals surface area contributed by atoms with Crippen molar-refractivity contribution in [2.75, 3.05) is 24.5 Å². The number of anilines is 1. The van der Waals surface area contributed by atoms with Crippen molar-refractivity contribution < 1.29 is 4.79 Å². The lowest BCUT2D eigenvalue weighted by atomic mass is 9.87. The maximum absolute atomic E-state index is 13.0. The molecule has 2 aliphatic rings. The van der Waals surface area contributed by atoms with Crippen LogP contribution in [-0.4, -0.2) is 35.7 Å². The molecule has 2 N–H and O–H groups in total. The molecule has 1 aromatic carbocycles. The third-order valence-corrected chi connectivity index (χ3v) is 5.04. The first kappa shape index (κ1) is 14.5. The Bertz CT molecular complexity index is 743. The fourth-order valence-corrected chi connectivity index (χ4v) is 3.74. The van der Waals surface area contributed by atoms with Gasteiger partial charge in [-0.25, -0.2) is 0 Å². The molecule has 4 rings (SSSR count). The lowest BCUT2D eigenvalue weighted by molar-refractivity contribution is 0.0981. The van der Waals surface area contributed by atoms with E-state index in [0.29, 0.717) is 18.2 Å². The summed E-state index contributed by atoms with van der Waals surface area (Å²) in [5.41, 5.74) is 3.78. The first-order valence-electron chi connectivity index (χ1n) is 8.24. The van der Waals surface area contributed by atoms with Crippen LogP contribution in [0.5, 0.6) is 0 Å². The largest absolute Gasteiger partial charge is 0.316 e. The fraction of sp³-hybridized carbons (Fsp3) is 0.444. The summed E-state index contributed by atoms with van der Waals surface area (Å²) in [6.07, 6.45) is 1.09. The van der Waals surface area contributed by atoms with Crippen LogP contribution >= 0.6 is 0 Å². The van der Waals surface area contributed by atoms with Gasteiger partial charge in [0.15, 0.2) is 5.69 Å². The van der Waals surface area contributed by atoms with E-state index in [4.69, 9.17) is 0 Å². The molecule has 1 fully saturated rings. The number of fused-ring (bicyclic) bond motifs is 1. The zero-order chi connectivity index (χ0) is 16.0. The molecule has 23 heavy (non-hydrogen) atoms. The van der Waals surface area contributed by atoms with Crippen LogP contribution in [0.3, 0.4) is 0 Å². The third-order valence-electron chi connectivity index (χ3n) is 5.04. The van der Waals surface area contributed by atoms with Gasteiger partial charge in [0.05, 0.1) is 0 Å². The monoisotopic (exact) mass is 310 g/mol. The summed E-state index contributed by atoms with van der Waals surface area (Å²) in [5.74, 6) is 0.419. The Hall–Kier alpha value is -2.14. The van der Waals surface area contributed by atoms with Gasteiger partial charge in [-0.1, -0.05) is 32.0 Å². The molecule has 1 atom stereocenters. The van der Waals surface area contributed by atoms with E-state index >= 15 is 0 Å². The molecule has 0 spiro atoms. The minimum absolute atomic E-state index is 0.0171. The molecule has 2 aliphatic heterocycles. The van der Waals surface area contributed by atoms with Crippen LogP contribution in [0.1, 0.15) is 47.9 Å². The Morgan fingerprint density at radius 3 is 2.96 bits per heavy atom. The zero-order valence-electron chi connectivity index (χ0n) is 13.6. The Morgan fingerprint density at radius 1 is 1.35 bits per heavy atom. The van der Waals surface area contributed by atoms with Crippen molar-refractivity contribution >= 4 is 11.6 Å². The first-order valence-corrected chi connectivity index (χ1v) is 8.24. The van der Waals surface area contributed by atoms with E-state index in [2.05, 4.69) is 35.4 Å². The van der Waals surface area contributed by atoms with Crippen molar-refractivity contribution in [1.29, 1.82) is 0 Å². The molecule has 1 unspecified atom stereocenters. The lowest BCUT2D eigenvalue weighted by Crippen LogP contribution is -2.34. The van der Waals surface area contributed by atoms with Gasteiger partial charge in [-0.05, 0) is 30.7 Å². The first-order chi connectivity index (χ1) is 11.1. The molecule has 120 valence electrons. The number of aromatic nitrogens is 2. The van der Waals surface area contributed by atoms with Crippen molar-refractivity contribution in [3.05, 3.63) is 47.3 Å². The molecular weight excluding hydrogens is 288 g/mol. The van der Waals surface area contributed by atoms with Crippen molar-refractivity contribution in [1.82, 2.24) is 15.5 Å². The second-order valence-corrected chi connectivity index (χ2v) is 7.19. The summed E-state index contributed by atoms with van der Waals surface area (Å²) < 4.78 is 0. The molecule has 2 aromatic rings. The van der Waals surface area contributed by atoms with E-state index in [1.54, 1.807) is 0 Å². The van der Waals surface area contributed by atoms with Crippen LogP contribution in [-0.2, 0) is 5.41 Å². The molecular formula is C18H22N4O. The molecule has 1 amide bonds. The number of nitrogens with zero attached hydrogens (tertiary/aromatic N) is 2. The zero-order valence-corrected chi connectivity index (χ0v) is 13.6. The van der Waals surface area contributed by atoms with Gasteiger partial charge in [-0.2, -0.15) is 5.10 Å². The number of amides is 1. The summed E-state index contributed by atoms with van der Waals surface area (Å²) in [5, 5.41) is 10.7. The predicted molar refractivity (Wildman–Crippen MR) is 90.0 cm³/mol. The van der Waals surface area contributed by atoms with Gasteiger partial charge in [0.2, 0.25) is 0 Å².